The highest BCUT2D eigenvalue weighted by Gasteiger charge is 2.28. The lowest BCUT2D eigenvalue weighted by Crippen LogP contribution is -2.40. The lowest BCUT2D eigenvalue weighted by Gasteiger charge is -2.35. The maximum atomic E-state index is 5.71. The Morgan fingerprint density at radius 1 is 1.12 bits per heavy atom. The number of anilines is 1. The zero-order valence-electron chi connectivity index (χ0n) is 13.9. The maximum Gasteiger partial charge on any atom is 0.150 e. The number of nitrogens with zero attached hydrogens (tertiary/aromatic N) is 4. The van der Waals surface area contributed by atoms with Crippen LogP contribution in [0.15, 0.2) is 35.3 Å². The molecule has 1 unspecified atom stereocenters. The van der Waals surface area contributed by atoms with Crippen LogP contribution in [0.25, 0.3) is 0 Å². The van der Waals surface area contributed by atoms with Crippen molar-refractivity contribution in [2.75, 3.05) is 37.7 Å². The molecule has 4 rings (SSSR count). The van der Waals surface area contributed by atoms with Crippen molar-refractivity contribution in [3.63, 3.8) is 0 Å². The van der Waals surface area contributed by atoms with Gasteiger partial charge in [0.2, 0.25) is 0 Å². The molecule has 4 heterocycles. The smallest absolute Gasteiger partial charge is 0.150 e. The molecule has 24 heavy (non-hydrogen) atoms. The first kappa shape index (κ1) is 15.6. The average Bonchev–Trinajstić information content (AvgIpc) is 3.16. The summed E-state index contributed by atoms with van der Waals surface area (Å²) >= 11 is 0. The molecule has 0 saturated carbocycles. The Hall–Kier alpha value is -1.92. The third-order valence-corrected chi connectivity index (χ3v) is 4.84. The third kappa shape index (κ3) is 3.44. The lowest BCUT2D eigenvalue weighted by molar-refractivity contribution is -0.0159. The zero-order chi connectivity index (χ0) is 16.2. The predicted molar refractivity (Wildman–Crippen MR) is 90.8 cm³/mol. The van der Waals surface area contributed by atoms with E-state index in [1.165, 1.54) is 24.8 Å². The Morgan fingerprint density at radius 3 is 2.88 bits per heavy atom. The summed E-state index contributed by atoms with van der Waals surface area (Å²) in [5.74, 6) is 1.91. The number of piperidine rings is 1. The fraction of sp³-hybridized carbons (Fsp3) is 0.556. The Bertz CT molecular complexity index is 640. The Labute approximate surface area is 142 Å². The Morgan fingerprint density at radius 2 is 2.04 bits per heavy atom. The van der Waals surface area contributed by atoms with E-state index in [-0.39, 0.29) is 6.04 Å². The minimum absolute atomic E-state index is 0.0957. The number of morpholine rings is 1. The van der Waals surface area contributed by atoms with Gasteiger partial charge in [-0.25, -0.2) is 9.97 Å². The third-order valence-electron chi connectivity index (χ3n) is 4.84. The summed E-state index contributed by atoms with van der Waals surface area (Å²) in [6, 6.07) is 4.13. The van der Waals surface area contributed by atoms with Crippen LogP contribution in [-0.2, 0) is 11.3 Å². The van der Waals surface area contributed by atoms with E-state index in [0.717, 1.165) is 44.4 Å². The topological polar surface area (TPSA) is 54.6 Å². The van der Waals surface area contributed by atoms with Crippen LogP contribution in [0.4, 0.5) is 5.82 Å². The fourth-order valence-electron chi connectivity index (χ4n) is 3.51. The van der Waals surface area contributed by atoms with Gasteiger partial charge in [0, 0.05) is 37.9 Å². The molecular formula is C18H24N4O2. The molecule has 2 saturated heterocycles. The molecule has 0 spiro atoms. The molecule has 0 aromatic carbocycles. The molecule has 0 N–H and O–H groups in total. The van der Waals surface area contributed by atoms with Gasteiger partial charge in [-0.05, 0) is 31.4 Å². The highest BCUT2D eigenvalue weighted by Crippen LogP contribution is 2.25. The largest absolute Gasteiger partial charge is 0.472 e. The summed E-state index contributed by atoms with van der Waals surface area (Å²) in [6.07, 6.45) is 9.23. The van der Waals surface area contributed by atoms with Crippen LogP contribution in [-0.4, -0.2) is 47.7 Å². The van der Waals surface area contributed by atoms with Crippen molar-refractivity contribution < 1.29 is 9.15 Å². The highest BCUT2D eigenvalue weighted by molar-refractivity contribution is 5.38. The van der Waals surface area contributed by atoms with E-state index >= 15 is 0 Å². The van der Waals surface area contributed by atoms with Crippen molar-refractivity contribution >= 4 is 5.82 Å². The molecule has 2 aromatic rings. The van der Waals surface area contributed by atoms with E-state index in [4.69, 9.17) is 14.1 Å². The number of hydrogen-bond acceptors (Lipinski definition) is 6. The van der Waals surface area contributed by atoms with Crippen molar-refractivity contribution in [3.8, 4) is 0 Å². The van der Waals surface area contributed by atoms with Gasteiger partial charge in [0.1, 0.15) is 11.6 Å². The van der Waals surface area contributed by atoms with E-state index in [1.807, 2.05) is 18.3 Å². The lowest BCUT2D eigenvalue weighted by atomic mass is 10.1. The van der Waals surface area contributed by atoms with Gasteiger partial charge in [-0.1, -0.05) is 0 Å². The quantitative estimate of drug-likeness (QED) is 0.860. The predicted octanol–water partition coefficient (Wildman–Crippen LogP) is 2.63. The molecule has 6 nitrogen and oxygen atoms in total. The van der Waals surface area contributed by atoms with Crippen molar-refractivity contribution in [2.45, 2.75) is 31.8 Å². The van der Waals surface area contributed by atoms with Gasteiger partial charge in [-0.3, -0.25) is 4.90 Å². The SMILES string of the molecule is c1cc(N2CCCCC2)nc(C2COCCN2Cc2ccoc2)n1. The first-order chi connectivity index (χ1) is 11.9. The Balaban J connectivity index is 1.53. The monoisotopic (exact) mass is 328 g/mol. The first-order valence-electron chi connectivity index (χ1n) is 8.81. The number of ether oxygens (including phenoxy) is 1. The molecule has 128 valence electrons. The molecule has 6 heteroatoms. The number of aromatic nitrogens is 2. The number of rotatable bonds is 4. The molecule has 0 amide bonds. The first-order valence-corrected chi connectivity index (χ1v) is 8.81. The van der Waals surface area contributed by atoms with Crippen LogP contribution in [0.5, 0.6) is 0 Å². The van der Waals surface area contributed by atoms with Crippen molar-refractivity contribution in [1.29, 1.82) is 0 Å². The van der Waals surface area contributed by atoms with Crippen LogP contribution in [0.3, 0.4) is 0 Å². The van der Waals surface area contributed by atoms with Gasteiger partial charge < -0.3 is 14.1 Å². The fourth-order valence-corrected chi connectivity index (χ4v) is 3.51. The van der Waals surface area contributed by atoms with Crippen LogP contribution >= 0.6 is 0 Å². The summed E-state index contributed by atoms with van der Waals surface area (Å²) in [6.45, 7) is 5.29. The summed E-state index contributed by atoms with van der Waals surface area (Å²) < 4.78 is 10.9. The highest BCUT2D eigenvalue weighted by atomic mass is 16.5. The van der Waals surface area contributed by atoms with Crippen LogP contribution in [0, 0.1) is 0 Å². The van der Waals surface area contributed by atoms with Gasteiger partial charge in [-0.15, -0.1) is 0 Å². The number of hydrogen-bond donors (Lipinski definition) is 0. The summed E-state index contributed by atoms with van der Waals surface area (Å²) in [5, 5.41) is 0. The van der Waals surface area contributed by atoms with Crippen LogP contribution in [0.2, 0.25) is 0 Å². The molecular weight excluding hydrogens is 304 g/mol. The van der Waals surface area contributed by atoms with Gasteiger partial charge >= 0.3 is 0 Å². The standard InChI is InChI=1S/C18H24N4O2/c1-2-7-21(8-3-1)17-4-6-19-18(20-17)16-14-24-11-9-22(16)12-15-5-10-23-13-15/h4-6,10,13,16H,1-3,7-9,11-12,14H2. The van der Waals surface area contributed by atoms with E-state index in [2.05, 4.69) is 14.8 Å². The van der Waals surface area contributed by atoms with Crippen molar-refractivity contribution in [2.24, 2.45) is 0 Å². The second kappa shape index (κ2) is 7.32. The summed E-state index contributed by atoms with van der Waals surface area (Å²) in [7, 11) is 0. The van der Waals surface area contributed by atoms with E-state index in [0.29, 0.717) is 6.61 Å². The Kier molecular flexibility index (Phi) is 4.76. The van der Waals surface area contributed by atoms with E-state index in [9.17, 15) is 0 Å². The van der Waals surface area contributed by atoms with E-state index in [1.54, 1.807) is 12.5 Å². The second-order valence-corrected chi connectivity index (χ2v) is 6.51. The zero-order valence-corrected chi connectivity index (χ0v) is 13.9. The summed E-state index contributed by atoms with van der Waals surface area (Å²) in [4.78, 5) is 14.2. The molecule has 1 atom stereocenters. The summed E-state index contributed by atoms with van der Waals surface area (Å²) in [5.41, 5.74) is 1.18. The molecule has 0 aliphatic carbocycles. The minimum Gasteiger partial charge on any atom is -0.472 e. The molecule has 0 bridgehead atoms. The minimum atomic E-state index is 0.0957. The van der Waals surface area contributed by atoms with Gasteiger partial charge in [0.25, 0.3) is 0 Å². The van der Waals surface area contributed by atoms with E-state index < -0.39 is 0 Å². The second-order valence-electron chi connectivity index (χ2n) is 6.51. The van der Waals surface area contributed by atoms with Crippen molar-refractivity contribution in [3.05, 3.63) is 42.2 Å². The molecule has 2 fully saturated rings. The molecule has 2 aromatic heterocycles. The van der Waals surface area contributed by atoms with Crippen LogP contribution in [0.1, 0.15) is 36.7 Å². The molecule has 0 radical (unpaired) electrons. The van der Waals surface area contributed by atoms with Gasteiger partial charge in [-0.2, -0.15) is 0 Å². The normalized spacial score (nSPS) is 22.7. The number of furan rings is 1. The maximum absolute atomic E-state index is 5.71. The van der Waals surface area contributed by atoms with Crippen molar-refractivity contribution in [1.82, 2.24) is 14.9 Å². The molecule has 2 aliphatic rings. The molecule has 2 aliphatic heterocycles. The average molecular weight is 328 g/mol. The van der Waals surface area contributed by atoms with Gasteiger partial charge in [0.05, 0.1) is 31.8 Å². The van der Waals surface area contributed by atoms with Crippen LogP contribution < -0.4 is 4.90 Å². The van der Waals surface area contributed by atoms with Gasteiger partial charge in [0.15, 0.2) is 0 Å².